The Morgan fingerprint density at radius 3 is 2.48 bits per heavy atom. The number of para-hydroxylation sites is 1. The SMILES string of the molecule is O=C(CSc1cn(CCNC(=O)c2ccc(F)cc2)c2ccccc12)Nc1cccc(F)c1. The van der Waals surface area contributed by atoms with Gasteiger partial charge in [0.15, 0.2) is 0 Å². The van der Waals surface area contributed by atoms with Crippen molar-refractivity contribution in [2.24, 2.45) is 0 Å². The predicted octanol–water partition coefficient (Wildman–Crippen LogP) is 5.08. The van der Waals surface area contributed by atoms with Gasteiger partial charge >= 0.3 is 0 Å². The number of carbonyl (C=O) groups is 2. The number of carbonyl (C=O) groups excluding carboxylic acids is 2. The Morgan fingerprint density at radius 2 is 1.70 bits per heavy atom. The molecule has 0 radical (unpaired) electrons. The summed E-state index contributed by atoms with van der Waals surface area (Å²) in [5.74, 6) is -1.12. The van der Waals surface area contributed by atoms with Gasteiger partial charge in [0.2, 0.25) is 5.91 Å². The van der Waals surface area contributed by atoms with Gasteiger partial charge in [0.25, 0.3) is 5.91 Å². The molecule has 3 aromatic carbocycles. The summed E-state index contributed by atoms with van der Waals surface area (Å²) in [6.07, 6.45) is 1.95. The first-order chi connectivity index (χ1) is 16.0. The van der Waals surface area contributed by atoms with Crippen LogP contribution in [0.2, 0.25) is 0 Å². The first-order valence-electron chi connectivity index (χ1n) is 10.3. The molecule has 2 N–H and O–H groups in total. The molecule has 0 aliphatic heterocycles. The van der Waals surface area contributed by atoms with Gasteiger partial charge in [0.1, 0.15) is 11.6 Å². The third kappa shape index (κ3) is 5.78. The van der Waals surface area contributed by atoms with Gasteiger partial charge in [-0.25, -0.2) is 8.78 Å². The van der Waals surface area contributed by atoms with Gasteiger partial charge in [-0.2, -0.15) is 0 Å². The lowest BCUT2D eigenvalue weighted by atomic mass is 10.2. The molecule has 5 nitrogen and oxygen atoms in total. The largest absolute Gasteiger partial charge is 0.350 e. The molecular weight excluding hydrogens is 444 g/mol. The zero-order valence-electron chi connectivity index (χ0n) is 17.6. The molecule has 1 aromatic heterocycles. The van der Waals surface area contributed by atoms with E-state index in [0.29, 0.717) is 24.3 Å². The molecule has 33 heavy (non-hydrogen) atoms. The van der Waals surface area contributed by atoms with Crippen LogP contribution in [0.3, 0.4) is 0 Å². The van der Waals surface area contributed by atoms with Crippen molar-refractivity contribution in [2.75, 3.05) is 17.6 Å². The molecule has 2 amide bonds. The van der Waals surface area contributed by atoms with E-state index in [4.69, 9.17) is 0 Å². The second-order valence-corrected chi connectivity index (χ2v) is 8.33. The van der Waals surface area contributed by atoms with Crippen LogP contribution < -0.4 is 10.6 Å². The van der Waals surface area contributed by atoms with Crippen LogP contribution >= 0.6 is 11.8 Å². The molecular formula is C25H21F2N3O2S. The number of amides is 2. The van der Waals surface area contributed by atoms with E-state index in [1.54, 1.807) is 12.1 Å². The Labute approximate surface area is 193 Å². The van der Waals surface area contributed by atoms with E-state index in [2.05, 4.69) is 10.6 Å². The third-order valence-electron chi connectivity index (χ3n) is 4.96. The highest BCUT2D eigenvalue weighted by atomic mass is 32.2. The lowest BCUT2D eigenvalue weighted by Gasteiger charge is -2.07. The summed E-state index contributed by atoms with van der Waals surface area (Å²) in [5, 5.41) is 6.54. The molecule has 0 aliphatic rings. The summed E-state index contributed by atoms with van der Waals surface area (Å²) in [6.45, 7) is 0.919. The molecule has 0 saturated carbocycles. The molecule has 0 aliphatic carbocycles. The molecule has 0 unspecified atom stereocenters. The maximum Gasteiger partial charge on any atom is 0.251 e. The number of aromatic nitrogens is 1. The van der Waals surface area contributed by atoms with Crippen LogP contribution in [-0.4, -0.2) is 28.7 Å². The van der Waals surface area contributed by atoms with Gasteiger partial charge in [-0.15, -0.1) is 11.8 Å². The molecule has 168 valence electrons. The maximum absolute atomic E-state index is 13.3. The van der Waals surface area contributed by atoms with E-state index >= 15 is 0 Å². The highest BCUT2D eigenvalue weighted by Crippen LogP contribution is 2.30. The lowest BCUT2D eigenvalue weighted by molar-refractivity contribution is -0.113. The number of nitrogens with one attached hydrogen (secondary N) is 2. The molecule has 0 saturated heterocycles. The Balaban J connectivity index is 1.38. The van der Waals surface area contributed by atoms with Gasteiger partial charge in [0, 0.05) is 46.3 Å². The minimum atomic E-state index is -0.407. The fraction of sp³-hybridized carbons (Fsp3) is 0.120. The molecule has 4 rings (SSSR count). The van der Waals surface area contributed by atoms with Crippen LogP contribution in [0.15, 0.2) is 83.9 Å². The van der Waals surface area contributed by atoms with Crippen molar-refractivity contribution >= 4 is 40.2 Å². The predicted molar refractivity (Wildman–Crippen MR) is 126 cm³/mol. The van der Waals surface area contributed by atoms with E-state index in [0.717, 1.165) is 15.8 Å². The molecule has 0 atom stereocenters. The van der Waals surface area contributed by atoms with Crippen molar-refractivity contribution in [2.45, 2.75) is 11.4 Å². The Kier molecular flexibility index (Phi) is 7.04. The zero-order valence-corrected chi connectivity index (χ0v) is 18.4. The zero-order chi connectivity index (χ0) is 23.2. The lowest BCUT2D eigenvalue weighted by Crippen LogP contribution is -2.27. The van der Waals surface area contributed by atoms with E-state index in [1.807, 2.05) is 35.0 Å². The molecule has 0 spiro atoms. The van der Waals surface area contributed by atoms with Crippen molar-refractivity contribution in [1.29, 1.82) is 0 Å². The van der Waals surface area contributed by atoms with Crippen molar-refractivity contribution < 1.29 is 18.4 Å². The monoisotopic (exact) mass is 465 g/mol. The summed E-state index contributed by atoms with van der Waals surface area (Å²) in [7, 11) is 0. The van der Waals surface area contributed by atoms with Gasteiger partial charge in [-0.1, -0.05) is 24.3 Å². The Morgan fingerprint density at radius 1 is 0.909 bits per heavy atom. The quantitative estimate of drug-likeness (QED) is 0.357. The van der Waals surface area contributed by atoms with Crippen LogP contribution in [0.4, 0.5) is 14.5 Å². The number of fused-ring (bicyclic) bond motifs is 1. The smallest absolute Gasteiger partial charge is 0.251 e. The number of hydrogen-bond donors (Lipinski definition) is 2. The molecule has 8 heteroatoms. The number of benzene rings is 3. The summed E-state index contributed by atoms with van der Waals surface area (Å²) in [4.78, 5) is 25.5. The van der Waals surface area contributed by atoms with E-state index < -0.39 is 5.82 Å². The van der Waals surface area contributed by atoms with Crippen LogP contribution in [0.1, 0.15) is 10.4 Å². The average molecular weight is 466 g/mol. The summed E-state index contributed by atoms with van der Waals surface area (Å²) in [5.41, 5.74) is 1.80. The van der Waals surface area contributed by atoms with Gasteiger partial charge in [-0.05, 0) is 48.5 Å². The second-order valence-electron chi connectivity index (χ2n) is 7.31. The number of nitrogens with zero attached hydrogens (tertiary/aromatic N) is 1. The summed E-state index contributed by atoms with van der Waals surface area (Å²) < 4.78 is 28.4. The van der Waals surface area contributed by atoms with E-state index in [9.17, 15) is 18.4 Å². The van der Waals surface area contributed by atoms with Gasteiger partial charge < -0.3 is 15.2 Å². The minimum Gasteiger partial charge on any atom is -0.350 e. The maximum atomic E-state index is 13.3. The third-order valence-corrected chi connectivity index (χ3v) is 6.01. The summed E-state index contributed by atoms with van der Waals surface area (Å²) in [6, 6.07) is 19.0. The topological polar surface area (TPSA) is 63.1 Å². The second kappa shape index (κ2) is 10.3. The minimum absolute atomic E-state index is 0.172. The number of thioether (sulfide) groups is 1. The summed E-state index contributed by atoms with van der Waals surface area (Å²) >= 11 is 1.39. The highest BCUT2D eigenvalue weighted by molar-refractivity contribution is 8.00. The highest BCUT2D eigenvalue weighted by Gasteiger charge is 2.12. The molecule has 4 aromatic rings. The van der Waals surface area contributed by atoms with Gasteiger partial charge in [0.05, 0.1) is 5.75 Å². The van der Waals surface area contributed by atoms with Crippen LogP contribution in [0.25, 0.3) is 10.9 Å². The number of hydrogen-bond acceptors (Lipinski definition) is 3. The van der Waals surface area contributed by atoms with Crippen LogP contribution in [0.5, 0.6) is 0 Å². The first-order valence-corrected chi connectivity index (χ1v) is 11.3. The Bertz CT molecular complexity index is 1290. The van der Waals surface area contributed by atoms with Crippen molar-refractivity contribution in [3.05, 3.63) is 96.2 Å². The fourth-order valence-electron chi connectivity index (χ4n) is 3.41. The molecule has 0 bridgehead atoms. The number of rotatable bonds is 8. The van der Waals surface area contributed by atoms with Crippen molar-refractivity contribution in [3.8, 4) is 0 Å². The van der Waals surface area contributed by atoms with Gasteiger partial charge in [-0.3, -0.25) is 9.59 Å². The average Bonchev–Trinajstić information content (AvgIpc) is 3.16. The van der Waals surface area contributed by atoms with E-state index in [-0.39, 0.29) is 23.4 Å². The normalized spacial score (nSPS) is 10.8. The molecule has 0 fully saturated rings. The number of halogens is 2. The standard InChI is InChI=1S/C25H21F2N3O2S/c26-18-10-8-17(9-11-18)25(32)28-12-13-30-15-23(21-6-1-2-7-22(21)30)33-16-24(31)29-20-5-3-4-19(27)14-20/h1-11,14-15H,12-13,16H2,(H,28,32)(H,29,31). The number of anilines is 1. The molecule has 1 heterocycles. The fourth-order valence-corrected chi connectivity index (χ4v) is 4.30. The van der Waals surface area contributed by atoms with E-state index in [1.165, 1.54) is 48.2 Å². The first kappa shape index (κ1) is 22.5. The van der Waals surface area contributed by atoms with Crippen molar-refractivity contribution in [3.63, 3.8) is 0 Å². The van der Waals surface area contributed by atoms with Crippen LogP contribution in [0, 0.1) is 11.6 Å². The van der Waals surface area contributed by atoms with Crippen molar-refractivity contribution in [1.82, 2.24) is 9.88 Å². The Hall–Kier alpha value is -3.65. The van der Waals surface area contributed by atoms with Crippen LogP contribution in [-0.2, 0) is 11.3 Å².